The van der Waals surface area contributed by atoms with E-state index in [4.69, 9.17) is 0 Å². The third kappa shape index (κ3) is 6.49. The molecule has 6 nitrogen and oxygen atoms in total. The van der Waals surface area contributed by atoms with Crippen molar-refractivity contribution in [1.29, 1.82) is 0 Å². The van der Waals surface area contributed by atoms with Crippen molar-refractivity contribution in [3.05, 3.63) is 65.5 Å². The molecule has 2 aromatic rings. The van der Waals surface area contributed by atoms with E-state index in [2.05, 4.69) is 15.6 Å². The van der Waals surface area contributed by atoms with Crippen LogP contribution in [0.2, 0.25) is 0 Å². The van der Waals surface area contributed by atoms with E-state index in [-0.39, 0.29) is 17.9 Å². The Bertz CT molecular complexity index is 793. The molecule has 0 aromatic heterocycles. The van der Waals surface area contributed by atoms with Crippen LogP contribution in [0.25, 0.3) is 0 Å². The van der Waals surface area contributed by atoms with E-state index < -0.39 is 24.1 Å². The van der Waals surface area contributed by atoms with Crippen LogP contribution in [0.3, 0.4) is 0 Å². The molecule has 10 heteroatoms. The topological polar surface area (TPSA) is 70.7 Å². The summed E-state index contributed by atoms with van der Waals surface area (Å²) < 4.78 is 52.9. The molecule has 0 saturated heterocycles. The van der Waals surface area contributed by atoms with Gasteiger partial charge in [-0.15, -0.1) is 13.2 Å². The molecule has 3 amide bonds. The van der Waals surface area contributed by atoms with Crippen LogP contribution in [0.1, 0.15) is 15.9 Å². The highest BCUT2D eigenvalue weighted by atomic mass is 19.4. The number of benzene rings is 2. The first-order valence-electron chi connectivity index (χ1n) is 7.56. The third-order valence-corrected chi connectivity index (χ3v) is 3.31. The van der Waals surface area contributed by atoms with Crippen LogP contribution in [-0.4, -0.2) is 30.2 Å². The maximum atomic E-state index is 12.8. The number of nitrogens with one attached hydrogen (secondary N) is 2. The number of amides is 3. The fraction of sp³-hybridized carbons (Fsp3) is 0.176. The summed E-state index contributed by atoms with van der Waals surface area (Å²) >= 11 is 0. The largest absolute Gasteiger partial charge is 0.573 e. The van der Waals surface area contributed by atoms with Gasteiger partial charge in [0.25, 0.3) is 5.91 Å². The summed E-state index contributed by atoms with van der Waals surface area (Å²) in [5, 5.41) is 0. The average molecular weight is 385 g/mol. The lowest BCUT2D eigenvalue weighted by Gasteiger charge is -2.18. The number of hydrogen-bond acceptors (Lipinski definition) is 3. The fourth-order valence-corrected chi connectivity index (χ4v) is 2.02. The first-order valence-corrected chi connectivity index (χ1v) is 7.56. The summed E-state index contributed by atoms with van der Waals surface area (Å²) in [4.78, 5) is 25.0. The van der Waals surface area contributed by atoms with E-state index in [1.54, 1.807) is 0 Å². The van der Waals surface area contributed by atoms with Gasteiger partial charge in [-0.3, -0.25) is 10.2 Å². The molecule has 0 saturated carbocycles. The minimum Gasteiger partial charge on any atom is -0.406 e. The van der Waals surface area contributed by atoms with Crippen molar-refractivity contribution in [3.63, 3.8) is 0 Å². The maximum Gasteiger partial charge on any atom is 0.573 e. The molecule has 0 heterocycles. The first-order chi connectivity index (χ1) is 12.6. The van der Waals surface area contributed by atoms with Crippen molar-refractivity contribution in [3.8, 4) is 5.75 Å². The maximum absolute atomic E-state index is 12.8. The zero-order valence-corrected chi connectivity index (χ0v) is 14.0. The van der Waals surface area contributed by atoms with Gasteiger partial charge in [-0.1, -0.05) is 12.1 Å². The van der Waals surface area contributed by atoms with E-state index >= 15 is 0 Å². The normalized spacial score (nSPS) is 10.9. The van der Waals surface area contributed by atoms with Gasteiger partial charge in [-0.05, 0) is 42.0 Å². The van der Waals surface area contributed by atoms with Crippen molar-refractivity contribution in [2.24, 2.45) is 0 Å². The van der Waals surface area contributed by atoms with Crippen molar-refractivity contribution in [1.82, 2.24) is 15.8 Å². The number of halogens is 4. The Kier molecular flexibility index (Phi) is 6.22. The van der Waals surface area contributed by atoms with Gasteiger partial charge in [-0.2, -0.15) is 0 Å². The number of carbonyl (C=O) groups is 2. The lowest BCUT2D eigenvalue weighted by atomic mass is 10.2. The number of ether oxygens (including phenoxy) is 1. The lowest BCUT2D eigenvalue weighted by molar-refractivity contribution is -0.274. The Morgan fingerprint density at radius 3 is 2.15 bits per heavy atom. The molecule has 2 aromatic carbocycles. The summed E-state index contributed by atoms with van der Waals surface area (Å²) in [7, 11) is 1.43. The number of alkyl halides is 3. The second-order valence-corrected chi connectivity index (χ2v) is 5.44. The van der Waals surface area contributed by atoms with Crippen LogP contribution < -0.4 is 15.6 Å². The second-order valence-electron chi connectivity index (χ2n) is 5.44. The molecule has 0 fully saturated rings. The van der Waals surface area contributed by atoms with Crippen LogP contribution in [0.5, 0.6) is 5.75 Å². The van der Waals surface area contributed by atoms with Gasteiger partial charge in [-0.25, -0.2) is 14.6 Å². The Hall–Kier alpha value is -3.30. The Balaban J connectivity index is 1.84. The second kappa shape index (κ2) is 8.39. The summed E-state index contributed by atoms with van der Waals surface area (Å²) in [6.07, 6.45) is -4.78. The average Bonchev–Trinajstić information content (AvgIpc) is 2.60. The van der Waals surface area contributed by atoms with E-state index in [9.17, 15) is 27.2 Å². The van der Waals surface area contributed by atoms with Gasteiger partial charge in [0, 0.05) is 19.2 Å². The van der Waals surface area contributed by atoms with Crippen LogP contribution in [-0.2, 0) is 6.54 Å². The first kappa shape index (κ1) is 20.0. The number of nitrogens with zero attached hydrogens (tertiary/aromatic N) is 1. The van der Waals surface area contributed by atoms with Crippen molar-refractivity contribution in [2.75, 3.05) is 7.05 Å². The SMILES string of the molecule is CN(Cc1ccc(OC(F)(F)F)cc1)C(=O)NNC(=O)c1ccc(F)cc1. The zero-order chi connectivity index (χ0) is 20.0. The standard InChI is InChI=1S/C17H15F4N3O3/c1-24(10-11-2-8-14(9-3-11)27-17(19,20)21)16(26)23-22-15(25)12-4-6-13(18)7-5-12/h2-9H,10H2,1H3,(H,22,25)(H,23,26). The van der Waals surface area contributed by atoms with Gasteiger partial charge in [0.15, 0.2) is 0 Å². The number of rotatable bonds is 4. The smallest absolute Gasteiger partial charge is 0.406 e. The van der Waals surface area contributed by atoms with Crippen molar-refractivity contribution in [2.45, 2.75) is 12.9 Å². The molecule has 0 atom stereocenters. The Morgan fingerprint density at radius 1 is 1.00 bits per heavy atom. The number of carbonyl (C=O) groups excluding carboxylic acids is 2. The molecular formula is C17H15F4N3O3. The molecule has 0 aliphatic heterocycles. The van der Waals surface area contributed by atoms with Crippen LogP contribution in [0.15, 0.2) is 48.5 Å². The highest BCUT2D eigenvalue weighted by Crippen LogP contribution is 2.22. The van der Waals surface area contributed by atoms with E-state index in [1.165, 1.54) is 36.2 Å². The van der Waals surface area contributed by atoms with Gasteiger partial charge in [0.05, 0.1) is 0 Å². The monoisotopic (exact) mass is 385 g/mol. The van der Waals surface area contributed by atoms with Gasteiger partial charge in [0.1, 0.15) is 11.6 Å². The molecule has 0 aliphatic carbocycles. The predicted molar refractivity (Wildman–Crippen MR) is 87.0 cm³/mol. The molecule has 0 spiro atoms. The van der Waals surface area contributed by atoms with Gasteiger partial charge < -0.3 is 9.64 Å². The highest BCUT2D eigenvalue weighted by Gasteiger charge is 2.30. The molecule has 2 N–H and O–H groups in total. The summed E-state index contributed by atoms with van der Waals surface area (Å²) in [6, 6.07) is 9.08. The van der Waals surface area contributed by atoms with Crippen LogP contribution >= 0.6 is 0 Å². The predicted octanol–water partition coefficient (Wildman–Crippen LogP) is 3.21. The quantitative estimate of drug-likeness (QED) is 0.627. The summed E-state index contributed by atoms with van der Waals surface area (Å²) in [6.45, 7) is 0.0740. The number of urea groups is 1. The van der Waals surface area contributed by atoms with Crippen molar-refractivity contribution < 1.29 is 31.9 Å². The molecule has 0 aliphatic rings. The molecule has 0 bridgehead atoms. The molecule has 144 valence electrons. The lowest BCUT2D eigenvalue weighted by Crippen LogP contribution is -2.47. The molecule has 0 radical (unpaired) electrons. The number of hydrogen-bond donors (Lipinski definition) is 2. The van der Waals surface area contributed by atoms with E-state index in [1.807, 2.05) is 0 Å². The van der Waals surface area contributed by atoms with Gasteiger partial charge in [0.2, 0.25) is 0 Å². The molecule has 2 rings (SSSR count). The molecule has 0 unspecified atom stereocenters. The number of hydrazine groups is 1. The minimum absolute atomic E-state index is 0.0740. The Labute approximate surface area is 151 Å². The zero-order valence-electron chi connectivity index (χ0n) is 14.0. The minimum atomic E-state index is -4.78. The molecular weight excluding hydrogens is 370 g/mol. The third-order valence-electron chi connectivity index (χ3n) is 3.31. The van der Waals surface area contributed by atoms with Crippen molar-refractivity contribution >= 4 is 11.9 Å². The highest BCUT2D eigenvalue weighted by molar-refractivity contribution is 5.95. The van der Waals surface area contributed by atoms with E-state index in [0.717, 1.165) is 24.3 Å². The Morgan fingerprint density at radius 2 is 1.59 bits per heavy atom. The van der Waals surface area contributed by atoms with Crippen LogP contribution in [0.4, 0.5) is 22.4 Å². The van der Waals surface area contributed by atoms with Crippen LogP contribution in [0, 0.1) is 5.82 Å². The summed E-state index contributed by atoms with van der Waals surface area (Å²) in [5.74, 6) is -1.50. The van der Waals surface area contributed by atoms with E-state index in [0.29, 0.717) is 5.56 Å². The fourth-order valence-electron chi connectivity index (χ4n) is 2.02. The summed E-state index contributed by atoms with van der Waals surface area (Å²) in [5.41, 5.74) is 5.05. The van der Waals surface area contributed by atoms with Gasteiger partial charge >= 0.3 is 12.4 Å². The molecule has 27 heavy (non-hydrogen) atoms.